The number of likely N-dealkylation sites (tertiary alicyclic amines) is 2. The third kappa shape index (κ3) is 5.96. The van der Waals surface area contributed by atoms with E-state index in [0.29, 0.717) is 44.6 Å². The highest BCUT2D eigenvalue weighted by Crippen LogP contribution is 2.46. The topological polar surface area (TPSA) is 88.2 Å². The first kappa shape index (κ1) is 28.8. The molecular weight excluding hydrogens is 542 g/mol. The van der Waals surface area contributed by atoms with Crippen molar-refractivity contribution in [3.8, 4) is 11.1 Å². The number of piperidine rings is 1. The minimum Gasteiger partial charge on any atom is -0.448 e. The summed E-state index contributed by atoms with van der Waals surface area (Å²) in [5.41, 5.74) is 4.43. The Hall–Kier alpha value is -4.33. The monoisotopic (exact) mass is 581 g/mol. The summed E-state index contributed by atoms with van der Waals surface area (Å²) in [7, 11) is 0. The van der Waals surface area contributed by atoms with Gasteiger partial charge < -0.3 is 19.7 Å². The molecule has 2 aliphatic heterocycles. The number of nitrogens with zero attached hydrogens (tertiary/aromatic N) is 2. The van der Waals surface area contributed by atoms with Gasteiger partial charge in [-0.2, -0.15) is 0 Å². The van der Waals surface area contributed by atoms with Crippen LogP contribution in [0.3, 0.4) is 0 Å². The number of benzene rings is 3. The van der Waals surface area contributed by atoms with Crippen LogP contribution in [0.1, 0.15) is 57.1 Å². The second-order valence-electron chi connectivity index (χ2n) is 13.0. The molecule has 0 bridgehead atoms. The Kier molecular flexibility index (Phi) is 7.63. The van der Waals surface area contributed by atoms with Crippen molar-refractivity contribution < 1.29 is 23.9 Å². The lowest BCUT2D eigenvalue weighted by Crippen LogP contribution is -2.46. The Labute approximate surface area is 253 Å². The van der Waals surface area contributed by atoms with Crippen LogP contribution in [0.25, 0.3) is 11.1 Å². The van der Waals surface area contributed by atoms with Crippen molar-refractivity contribution in [3.05, 3.63) is 90.0 Å². The van der Waals surface area contributed by atoms with Gasteiger partial charge in [-0.25, -0.2) is 9.59 Å². The molecule has 224 valence electrons. The van der Waals surface area contributed by atoms with Gasteiger partial charge in [-0.15, -0.1) is 0 Å². The minimum atomic E-state index is -0.677. The molecule has 0 aromatic heterocycles. The van der Waals surface area contributed by atoms with Crippen molar-refractivity contribution in [1.82, 2.24) is 9.80 Å². The molecule has 1 aliphatic carbocycles. The molecule has 2 fully saturated rings. The van der Waals surface area contributed by atoms with Gasteiger partial charge in [-0.1, -0.05) is 66.7 Å². The van der Waals surface area contributed by atoms with Crippen LogP contribution in [0.2, 0.25) is 0 Å². The quantitative estimate of drug-likeness (QED) is 0.372. The number of carbonyl (C=O) groups excluding carboxylic acids is 3. The van der Waals surface area contributed by atoms with E-state index in [1.165, 1.54) is 0 Å². The van der Waals surface area contributed by atoms with Gasteiger partial charge in [0.15, 0.2) is 0 Å². The van der Waals surface area contributed by atoms with Crippen molar-refractivity contribution >= 4 is 23.8 Å². The van der Waals surface area contributed by atoms with Crippen molar-refractivity contribution in [3.63, 3.8) is 0 Å². The lowest BCUT2D eigenvalue weighted by molar-refractivity contribution is -0.120. The number of para-hydroxylation sites is 1. The van der Waals surface area contributed by atoms with Gasteiger partial charge in [0.25, 0.3) is 0 Å². The van der Waals surface area contributed by atoms with Gasteiger partial charge >= 0.3 is 12.2 Å². The van der Waals surface area contributed by atoms with E-state index in [1.54, 1.807) is 9.80 Å². The first-order valence-corrected chi connectivity index (χ1v) is 15.1. The van der Waals surface area contributed by atoms with Crippen LogP contribution in [0.4, 0.5) is 15.3 Å². The predicted octanol–water partition coefficient (Wildman–Crippen LogP) is 6.67. The summed E-state index contributed by atoms with van der Waals surface area (Å²) in [6.45, 7) is 7.19. The third-order valence-electron chi connectivity index (χ3n) is 8.90. The fourth-order valence-electron chi connectivity index (χ4n) is 6.76. The summed E-state index contributed by atoms with van der Waals surface area (Å²) in [6, 6.07) is 25.1. The molecular formula is C35H39N3O5. The predicted molar refractivity (Wildman–Crippen MR) is 165 cm³/mol. The molecule has 6 rings (SSSR count). The van der Waals surface area contributed by atoms with Crippen LogP contribution in [-0.2, 0) is 14.3 Å². The average molecular weight is 582 g/mol. The lowest BCUT2D eigenvalue weighted by atomic mass is 9.76. The van der Waals surface area contributed by atoms with E-state index in [0.717, 1.165) is 22.3 Å². The van der Waals surface area contributed by atoms with E-state index >= 15 is 0 Å². The van der Waals surface area contributed by atoms with Crippen LogP contribution in [0.15, 0.2) is 78.9 Å². The molecule has 1 spiro atoms. The Balaban J connectivity index is 1.18. The number of amides is 3. The molecule has 1 unspecified atom stereocenters. The lowest BCUT2D eigenvalue weighted by Gasteiger charge is -2.39. The van der Waals surface area contributed by atoms with E-state index < -0.39 is 17.7 Å². The minimum absolute atomic E-state index is 0.0680. The summed E-state index contributed by atoms with van der Waals surface area (Å²) in [6.07, 6.45) is 1.05. The fraction of sp³-hybridized carbons (Fsp3) is 0.400. The molecule has 1 atom stereocenters. The largest absolute Gasteiger partial charge is 0.448 e. The maximum atomic E-state index is 13.8. The number of anilines is 1. The molecule has 0 saturated carbocycles. The molecule has 3 aliphatic rings. The number of fused-ring (bicyclic) bond motifs is 3. The Bertz CT molecular complexity index is 1460. The van der Waals surface area contributed by atoms with Gasteiger partial charge in [-0.05, 0) is 79.8 Å². The average Bonchev–Trinajstić information content (AvgIpc) is 3.52. The third-order valence-corrected chi connectivity index (χ3v) is 8.90. The first-order chi connectivity index (χ1) is 20.6. The van der Waals surface area contributed by atoms with Gasteiger partial charge in [-0.3, -0.25) is 9.69 Å². The maximum Gasteiger partial charge on any atom is 0.410 e. The molecule has 0 radical (unpaired) electrons. The Morgan fingerprint density at radius 2 is 1.42 bits per heavy atom. The zero-order valence-corrected chi connectivity index (χ0v) is 25.0. The number of ether oxygens (including phenoxy) is 2. The van der Waals surface area contributed by atoms with Crippen molar-refractivity contribution in [2.24, 2.45) is 5.41 Å². The smallest absolute Gasteiger partial charge is 0.410 e. The van der Waals surface area contributed by atoms with Gasteiger partial charge in [0.2, 0.25) is 5.91 Å². The highest BCUT2D eigenvalue weighted by atomic mass is 16.6. The van der Waals surface area contributed by atoms with Gasteiger partial charge in [0.1, 0.15) is 18.2 Å². The van der Waals surface area contributed by atoms with Crippen molar-refractivity contribution in [1.29, 1.82) is 0 Å². The molecule has 1 N–H and O–H groups in total. The summed E-state index contributed by atoms with van der Waals surface area (Å²) in [5, 5.41) is 2.99. The molecule has 3 aromatic rings. The summed E-state index contributed by atoms with van der Waals surface area (Å²) >= 11 is 0. The first-order valence-electron chi connectivity index (χ1n) is 15.1. The summed E-state index contributed by atoms with van der Waals surface area (Å²) in [5.74, 6) is -0.298. The zero-order valence-electron chi connectivity index (χ0n) is 25.0. The van der Waals surface area contributed by atoms with Crippen LogP contribution in [-0.4, -0.2) is 65.8 Å². The Morgan fingerprint density at radius 1 is 0.837 bits per heavy atom. The number of carbonyl (C=O) groups is 3. The number of hydrogen-bond acceptors (Lipinski definition) is 5. The van der Waals surface area contributed by atoms with Crippen LogP contribution in [0, 0.1) is 5.41 Å². The Morgan fingerprint density at radius 3 is 2.02 bits per heavy atom. The number of rotatable bonds is 4. The molecule has 2 heterocycles. The van der Waals surface area contributed by atoms with Gasteiger partial charge in [0, 0.05) is 31.2 Å². The standard InChI is InChI=1S/C35H39N3O5/c1-34(2,3)43-32(40)37-19-17-35(18-20-37)21-30(31(39)36-24-11-5-4-6-12-24)38(23-35)33(41)42-22-29-27-15-9-7-13-25(27)26-14-8-10-16-28(26)29/h4-16,29-30H,17-23H2,1-3H3,(H,36,39). The van der Waals surface area contributed by atoms with Crippen LogP contribution in [0.5, 0.6) is 0 Å². The van der Waals surface area contributed by atoms with E-state index in [1.807, 2.05) is 75.4 Å². The molecule has 43 heavy (non-hydrogen) atoms. The molecule has 3 amide bonds. The number of hydrogen-bond donors (Lipinski definition) is 1. The van der Waals surface area contributed by atoms with E-state index in [2.05, 4.69) is 29.6 Å². The molecule has 2 saturated heterocycles. The molecule has 3 aromatic carbocycles. The second kappa shape index (κ2) is 11.4. The van der Waals surface area contributed by atoms with E-state index in [9.17, 15) is 14.4 Å². The molecule has 8 nitrogen and oxygen atoms in total. The van der Waals surface area contributed by atoms with E-state index in [-0.39, 0.29) is 29.9 Å². The highest BCUT2D eigenvalue weighted by molar-refractivity contribution is 5.97. The normalized spacial score (nSPS) is 19.1. The molecule has 8 heteroatoms. The van der Waals surface area contributed by atoms with Crippen LogP contribution < -0.4 is 5.32 Å². The second-order valence-corrected chi connectivity index (χ2v) is 13.0. The van der Waals surface area contributed by atoms with Crippen LogP contribution >= 0.6 is 0 Å². The van der Waals surface area contributed by atoms with Gasteiger partial charge in [0.05, 0.1) is 0 Å². The summed E-state index contributed by atoms with van der Waals surface area (Å²) < 4.78 is 11.6. The summed E-state index contributed by atoms with van der Waals surface area (Å²) in [4.78, 5) is 43.5. The van der Waals surface area contributed by atoms with Crippen molar-refractivity contribution in [2.75, 3.05) is 31.6 Å². The highest BCUT2D eigenvalue weighted by Gasteiger charge is 2.51. The zero-order chi connectivity index (χ0) is 30.2. The maximum absolute atomic E-state index is 13.8. The van der Waals surface area contributed by atoms with E-state index in [4.69, 9.17) is 9.47 Å². The SMILES string of the molecule is CC(C)(C)OC(=O)N1CCC2(CC1)CC(C(=O)Nc1ccccc1)N(C(=O)OCC1c3ccccc3-c3ccccc31)C2. The fourth-order valence-corrected chi connectivity index (χ4v) is 6.76. The number of nitrogens with one attached hydrogen (secondary N) is 1. The van der Waals surface area contributed by atoms with Crippen molar-refractivity contribution in [2.45, 2.75) is 57.6 Å².